The summed E-state index contributed by atoms with van der Waals surface area (Å²) < 4.78 is 0. The van der Waals surface area contributed by atoms with E-state index in [2.05, 4.69) is 41.8 Å². The summed E-state index contributed by atoms with van der Waals surface area (Å²) in [4.78, 5) is 2.50. The van der Waals surface area contributed by atoms with Crippen molar-refractivity contribution in [2.75, 3.05) is 18.8 Å². The van der Waals surface area contributed by atoms with Crippen LogP contribution in [0.1, 0.15) is 17.4 Å². The van der Waals surface area contributed by atoms with Crippen LogP contribution < -0.4 is 0 Å². The summed E-state index contributed by atoms with van der Waals surface area (Å²) in [6.45, 7) is 6.02. The molecular formula is C13H17NS. The number of hydrogen-bond acceptors (Lipinski definition) is 2. The van der Waals surface area contributed by atoms with Crippen molar-refractivity contribution in [2.45, 2.75) is 11.8 Å². The van der Waals surface area contributed by atoms with Crippen LogP contribution in [0.5, 0.6) is 0 Å². The smallest absolute Gasteiger partial charge is 0.0817 e. The number of benzene rings is 1. The molecule has 0 bridgehead atoms. The fourth-order valence-corrected chi connectivity index (χ4v) is 3.23. The average Bonchev–Trinajstić information content (AvgIpc) is 2.31. The topological polar surface area (TPSA) is 3.24 Å². The summed E-state index contributed by atoms with van der Waals surface area (Å²) >= 11 is 2.04. The third-order valence-electron chi connectivity index (χ3n) is 2.65. The van der Waals surface area contributed by atoms with Gasteiger partial charge in [-0.15, -0.1) is 18.3 Å². The minimum absolute atomic E-state index is 0.526. The molecule has 0 radical (unpaired) electrons. The van der Waals surface area contributed by atoms with Crippen LogP contribution in [0.15, 0.2) is 43.0 Å². The van der Waals surface area contributed by atoms with Gasteiger partial charge in [-0.25, -0.2) is 0 Å². The van der Waals surface area contributed by atoms with Gasteiger partial charge in [-0.1, -0.05) is 36.4 Å². The van der Waals surface area contributed by atoms with E-state index in [-0.39, 0.29) is 0 Å². The van der Waals surface area contributed by atoms with Gasteiger partial charge in [0.2, 0.25) is 0 Å². The Kier molecular flexibility index (Phi) is 3.87. The maximum absolute atomic E-state index is 3.83. The van der Waals surface area contributed by atoms with Gasteiger partial charge in [-0.2, -0.15) is 0 Å². The quantitative estimate of drug-likeness (QED) is 0.718. The molecule has 15 heavy (non-hydrogen) atoms. The fraction of sp³-hybridized carbons (Fsp3) is 0.385. The van der Waals surface area contributed by atoms with E-state index in [0.717, 1.165) is 6.54 Å². The zero-order chi connectivity index (χ0) is 10.5. The van der Waals surface area contributed by atoms with Crippen LogP contribution in [0.25, 0.3) is 0 Å². The number of thioether (sulfide) groups is 1. The Balaban J connectivity index is 2.14. The van der Waals surface area contributed by atoms with E-state index in [0.29, 0.717) is 5.37 Å². The minimum Gasteiger partial charge on any atom is -0.284 e. The Bertz CT molecular complexity index is 310. The molecule has 1 fully saturated rings. The molecule has 0 spiro atoms. The maximum atomic E-state index is 3.83. The molecule has 1 nitrogen and oxygen atoms in total. The van der Waals surface area contributed by atoms with Gasteiger partial charge in [0.1, 0.15) is 0 Å². The molecule has 0 aliphatic carbocycles. The fourth-order valence-electron chi connectivity index (χ4n) is 1.96. The molecule has 1 aromatic rings. The van der Waals surface area contributed by atoms with Gasteiger partial charge in [-0.3, -0.25) is 4.90 Å². The molecule has 1 saturated heterocycles. The van der Waals surface area contributed by atoms with E-state index in [1.165, 1.54) is 24.3 Å². The third-order valence-corrected chi connectivity index (χ3v) is 4.06. The molecule has 1 heterocycles. The van der Waals surface area contributed by atoms with Crippen molar-refractivity contribution in [3.63, 3.8) is 0 Å². The van der Waals surface area contributed by atoms with Crippen LogP contribution in [0.4, 0.5) is 0 Å². The standard InChI is InChI=1S/C13H17NS/c1-2-9-14-10-6-11-15-13(14)12-7-4-3-5-8-12/h2-5,7-8,13H,1,6,9-11H2. The lowest BCUT2D eigenvalue weighted by Crippen LogP contribution is -2.32. The van der Waals surface area contributed by atoms with Crippen molar-refractivity contribution < 1.29 is 0 Å². The Morgan fingerprint density at radius 1 is 1.40 bits per heavy atom. The molecule has 0 saturated carbocycles. The predicted octanol–water partition coefficient (Wildman–Crippen LogP) is 3.31. The minimum atomic E-state index is 0.526. The van der Waals surface area contributed by atoms with E-state index in [1.54, 1.807) is 0 Å². The molecule has 2 rings (SSSR count). The molecule has 1 unspecified atom stereocenters. The zero-order valence-electron chi connectivity index (χ0n) is 8.93. The van der Waals surface area contributed by atoms with Crippen molar-refractivity contribution in [3.8, 4) is 0 Å². The van der Waals surface area contributed by atoms with Gasteiger partial charge in [0.05, 0.1) is 5.37 Å². The van der Waals surface area contributed by atoms with Crippen LogP contribution in [0.3, 0.4) is 0 Å². The van der Waals surface area contributed by atoms with Crippen LogP contribution in [0.2, 0.25) is 0 Å². The van der Waals surface area contributed by atoms with Crippen LogP contribution in [-0.4, -0.2) is 23.7 Å². The summed E-state index contributed by atoms with van der Waals surface area (Å²) in [5.74, 6) is 1.27. The van der Waals surface area contributed by atoms with E-state index >= 15 is 0 Å². The van der Waals surface area contributed by atoms with Crippen LogP contribution in [-0.2, 0) is 0 Å². The Hall–Kier alpha value is -0.730. The zero-order valence-corrected chi connectivity index (χ0v) is 9.75. The van der Waals surface area contributed by atoms with Crippen molar-refractivity contribution >= 4 is 11.8 Å². The summed E-state index contributed by atoms with van der Waals surface area (Å²) in [5.41, 5.74) is 1.42. The highest BCUT2D eigenvalue weighted by molar-refractivity contribution is 7.99. The molecule has 0 amide bonds. The second-order valence-electron chi connectivity index (χ2n) is 3.77. The second-order valence-corrected chi connectivity index (χ2v) is 4.96. The summed E-state index contributed by atoms with van der Waals surface area (Å²) in [7, 11) is 0. The lowest BCUT2D eigenvalue weighted by atomic mass is 10.2. The normalized spacial score (nSPS) is 22.5. The summed E-state index contributed by atoms with van der Waals surface area (Å²) in [6, 6.07) is 10.8. The highest BCUT2D eigenvalue weighted by Gasteiger charge is 2.22. The van der Waals surface area contributed by atoms with E-state index in [1.807, 2.05) is 17.8 Å². The molecular weight excluding hydrogens is 202 g/mol. The molecule has 1 aromatic carbocycles. The molecule has 1 aliphatic rings. The Morgan fingerprint density at radius 3 is 2.93 bits per heavy atom. The van der Waals surface area contributed by atoms with Crippen molar-refractivity contribution in [2.24, 2.45) is 0 Å². The molecule has 0 aromatic heterocycles. The second kappa shape index (κ2) is 5.38. The monoisotopic (exact) mass is 219 g/mol. The highest BCUT2D eigenvalue weighted by Crippen LogP contribution is 2.36. The predicted molar refractivity (Wildman–Crippen MR) is 68.0 cm³/mol. The molecule has 80 valence electrons. The summed E-state index contributed by atoms with van der Waals surface area (Å²) in [5, 5.41) is 0.526. The van der Waals surface area contributed by atoms with Gasteiger partial charge < -0.3 is 0 Å². The highest BCUT2D eigenvalue weighted by atomic mass is 32.2. The van der Waals surface area contributed by atoms with E-state index in [4.69, 9.17) is 0 Å². The molecule has 1 aliphatic heterocycles. The van der Waals surface area contributed by atoms with E-state index in [9.17, 15) is 0 Å². The first-order valence-corrected chi connectivity index (χ1v) is 6.48. The lowest BCUT2D eigenvalue weighted by Gasteiger charge is -2.34. The van der Waals surface area contributed by atoms with Crippen LogP contribution in [0, 0.1) is 0 Å². The lowest BCUT2D eigenvalue weighted by molar-refractivity contribution is 0.278. The Labute approximate surface area is 96.2 Å². The van der Waals surface area contributed by atoms with Crippen LogP contribution >= 0.6 is 11.8 Å². The molecule has 0 N–H and O–H groups in total. The van der Waals surface area contributed by atoms with Crippen molar-refractivity contribution in [3.05, 3.63) is 48.6 Å². The molecule has 1 atom stereocenters. The Morgan fingerprint density at radius 2 is 2.20 bits per heavy atom. The number of nitrogens with zero attached hydrogens (tertiary/aromatic N) is 1. The number of hydrogen-bond donors (Lipinski definition) is 0. The largest absolute Gasteiger partial charge is 0.284 e. The van der Waals surface area contributed by atoms with Gasteiger partial charge in [0.25, 0.3) is 0 Å². The van der Waals surface area contributed by atoms with Crippen molar-refractivity contribution in [1.82, 2.24) is 4.90 Å². The first kappa shape index (κ1) is 10.8. The van der Waals surface area contributed by atoms with Gasteiger partial charge in [0.15, 0.2) is 0 Å². The van der Waals surface area contributed by atoms with E-state index < -0.39 is 0 Å². The van der Waals surface area contributed by atoms with Crippen molar-refractivity contribution in [1.29, 1.82) is 0 Å². The first-order valence-electron chi connectivity index (χ1n) is 5.43. The SMILES string of the molecule is C=CCN1CCCSC1c1ccccc1. The third kappa shape index (κ3) is 2.64. The maximum Gasteiger partial charge on any atom is 0.0817 e. The van der Waals surface area contributed by atoms with Gasteiger partial charge in [-0.05, 0) is 17.7 Å². The molecule has 2 heteroatoms. The van der Waals surface area contributed by atoms with Gasteiger partial charge in [0, 0.05) is 13.1 Å². The first-order chi connectivity index (χ1) is 7.42. The number of rotatable bonds is 3. The summed E-state index contributed by atoms with van der Waals surface area (Å²) in [6.07, 6.45) is 3.30. The van der Waals surface area contributed by atoms with Gasteiger partial charge >= 0.3 is 0 Å². The average molecular weight is 219 g/mol.